The topological polar surface area (TPSA) is 66.9 Å². The van der Waals surface area contributed by atoms with Gasteiger partial charge in [-0.15, -0.1) is 0 Å². The summed E-state index contributed by atoms with van der Waals surface area (Å²) in [5.41, 5.74) is 0.284. The van der Waals surface area contributed by atoms with Gasteiger partial charge in [-0.1, -0.05) is 23.2 Å². The van der Waals surface area contributed by atoms with Crippen LogP contribution < -0.4 is 10.6 Å². The molecule has 7 heteroatoms. The van der Waals surface area contributed by atoms with E-state index in [4.69, 9.17) is 23.2 Å². The molecule has 1 atom stereocenters. The number of carbonyl (C=O) groups excluding carboxylic acids is 1. The lowest BCUT2D eigenvalue weighted by molar-refractivity contribution is -0.120. The molecule has 1 unspecified atom stereocenters. The molecule has 17 heavy (non-hydrogen) atoms. The van der Waals surface area contributed by atoms with Gasteiger partial charge in [-0.25, -0.2) is 9.97 Å². The van der Waals surface area contributed by atoms with E-state index >= 15 is 0 Å². The Bertz CT molecular complexity index is 401. The van der Waals surface area contributed by atoms with E-state index in [2.05, 4.69) is 20.6 Å². The zero-order valence-electron chi connectivity index (χ0n) is 9.04. The van der Waals surface area contributed by atoms with Gasteiger partial charge < -0.3 is 10.6 Å². The Labute approximate surface area is 109 Å². The SMILES string of the molecule is O=C(Nc1c(Cl)ncnc1Cl)C1CCCNC1. The predicted octanol–water partition coefficient (Wildman–Crippen LogP) is 1.72. The Balaban J connectivity index is 2.07. The van der Waals surface area contributed by atoms with Crippen LogP contribution in [0.25, 0.3) is 0 Å². The minimum absolute atomic E-state index is 0.0592. The summed E-state index contributed by atoms with van der Waals surface area (Å²) in [5, 5.41) is 6.16. The molecule has 1 aromatic heterocycles. The van der Waals surface area contributed by atoms with Gasteiger partial charge in [-0.2, -0.15) is 0 Å². The molecule has 1 amide bonds. The molecule has 1 aliphatic heterocycles. The Morgan fingerprint density at radius 1 is 1.41 bits per heavy atom. The van der Waals surface area contributed by atoms with E-state index < -0.39 is 0 Å². The lowest BCUT2D eigenvalue weighted by Crippen LogP contribution is -2.37. The molecule has 0 bridgehead atoms. The summed E-state index contributed by atoms with van der Waals surface area (Å²) in [7, 11) is 0. The number of amides is 1. The van der Waals surface area contributed by atoms with Crippen molar-refractivity contribution >= 4 is 34.8 Å². The highest BCUT2D eigenvalue weighted by Gasteiger charge is 2.22. The largest absolute Gasteiger partial charge is 0.321 e. The van der Waals surface area contributed by atoms with E-state index in [1.165, 1.54) is 6.33 Å². The van der Waals surface area contributed by atoms with Gasteiger partial charge in [0.25, 0.3) is 0 Å². The van der Waals surface area contributed by atoms with E-state index in [0.29, 0.717) is 6.54 Å². The van der Waals surface area contributed by atoms with Crippen molar-refractivity contribution in [2.75, 3.05) is 18.4 Å². The second-order valence-electron chi connectivity index (χ2n) is 3.86. The first-order valence-electron chi connectivity index (χ1n) is 5.36. The smallest absolute Gasteiger partial charge is 0.228 e. The molecule has 0 aromatic carbocycles. The van der Waals surface area contributed by atoms with E-state index in [0.717, 1.165) is 19.4 Å². The monoisotopic (exact) mass is 274 g/mol. The number of rotatable bonds is 2. The van der Waals surface area contributed by atoms with Crippen molar-refractivity contribution in [2.45, 2.75) is 12.8 Å². The minimum Gasteiger partial charge on any atom is -0.321 e. The first-order chi connectivity index (χ1) is 8.18. The molecular formula is C10H12Cl2N4O. The van der Waals surface area contributed by atoms with Gasteiger partial charge in [0.1, 0.15) is 12.0 Å². The van der Waals surface area contributed by atoms with Gasteiger partial charge in [-0.05, 0) is 19.4 Å². The van der Waals surface area contributed by atoms with Crippen LogP contribution in [0.1, 0.15) is 12.8 Å². The highest BCUT2D eigenvalue weighted by atomic mass is 35.5. The maximum absolute atomic E-state index is 11.9. The molecule has 0 saturated carbocycles. The highest BCUT2D eigenvalue weighted by molar-refractivity contribution is 6.38. The van der Waals surface area contributed by atoms with Crippen molar-refractivity contribution in [3.05, 3.63) is 16.6 Å². The van der Waals surface area contributed by atoms with Crippen LogP contribution >= 0.6 is 23.2 Å². The average molecular weight is 275 g/mol. The predicted molar refractivity (Wildman–Crippen MR) is 66.3 cm³/mol. The number of nitrogens with one attached hydrogen (secondary N) is 2. The van der Waals surface area contributed by atoms with Gasteiger partial charge in [0.2, 0.25) is 5.91 Å². The van der Waals surface area contributed by atoms with Crippen molar-refractivity contribution in [1.29, 1.82) is 0 Å². The number of hydrogen-bond acceptors (Lipinski definition) is 4. The van der Waals surface area contributed by atoms with Crippen molar-refractivity contribution < 1.29 is 4.79 Å². The Hall–Kier alpha value is -0.910. The lowest BCUT2D eigenvalue weighted by atomic mass is 9.99. The summed E-state index contributed by atoms with van der Waals surface area (Å²) >= 11 is 11.7. The average Bonchev–Trinajstić information content (AvgIpc) is 2.35. The second-order valence-corrected chi connectivity index (χ2v) is 4.58. The van der Waals surface area contributed by atoms with Crippen LogP contribution in [0.3, 0.4) is 0 Å². The fourth-order valence-electron chi connectivity index (χ4n) is 1.75. The van der Waals surface area contributed by atoms with Gasteiger partial charge in [0.05, 0.1) is 5.92 Å². The third-order valence-electron chi connectivity index (χ3n) is 2.67. The molecule has 1 aromatic rings. The lowest BCUT2D eigenvalue weighted by Gasteiger charge is -2.22. The fraction of sp³-hybridized carbons (Fsp3) is 0.500. The second kappa shape index (κ2) is 5.62. The first kappa shape index (κ1) is 12.5. The highest BCUT2D eigenvalue weighted by Crippen LogP contribution is 2.26. The number of piperidine rings is 1. The molecular weight excluding hydrogens is 263 g/mol. The number of anilines is 1. The molecule has 2 heterocycles. The quantitative estimate of drug-likeness (QED) is 0.806. The summed E-state index contributed by atoms with van der Waals surface area (Å²) < 4.78 is 0. The summed E-state index contributed by atoms with van der Waals surface area (Å²) in [5.74, 6) is -0.160. The van der Waals surface area contributed by atoms with E-state index in [1.54, 1.807) is 0 Å². The van der Waals surface area contributed by atoms with Crippen LogP contribution in [-0.2, 0) is 4.79 Å². The van der Waals surface area contributed by atoms with E-state index in [-0.39, 0.29) is 27.8 Å². The number of nitrogens with zero attached hydrogens (tertiary/aromatic N) is 2. The summed E-state index contributed by atoms with van der Waals surface area (Å²) in [6.07, 6.45) is 3.11. The maximum Gasteiger partial charge on any atom is 0.228 e. The van der Waals surface area contributed by atoms with Crippen LogP contribution in [0.4, 0.5) is 5.69 Å². The number of aromatic nitrogens is 2. The van der Waals surface area contributed by atoms with E-state index in [9.17, 15) is 4.79 Å². The van der Waals surface area contributed by atoms with Crippen LogP contribution in [0.2, 0.25) is 10.3 Å². The molecule has 2 rings (SSSR count). The standard InChI is InChI=1S/C10H12Cl2N4O/c11-8-7(9(12)15-5-14-8)16-10(17)6-2-1-3-13-4-6/h5-6,13H,1-4H2,(H,16,17). The summed E-state index contributed by atoms with van der Waals surface area (Å²) in [6, 6.07) is 0. The normalized spacial score (nSPS) is 20.0. The molecule has 0 spiro atoms. The number of hydrogen-bond donors (Lipinski definition) is 2. The maximum atomic E-state index is 11.9. The first-order valence-corrected chi connectivity index (χ1v) is 6.11. The summed E-state index contributed by atoms with van der Waals surface area (Å²) in [6.45, 7) is 1.63. The van der Waals surface area contributed by atoms with Gasteiger partial charge in [0.15, 0.2) is 10.3 Å². The Morgan fingerprint density at radius 2 is 2.12 bits per heavy atom. The number of halogens is 2. The number of carbonyl (C=O) groups is 1. The van der Waals surface area contributed by atoms with Crippen LogP contribution in [0.5, 0.6) is 0 Å². The van der Waals surface area contributed by atoms with Crippen molar-refractivity contribution in [3.8, 4) is 0 Å². The molecule has 92 valence electrons. The van der Waals surface area contributed by atoms with Crippen molar-refractivity contribution in [2.24, 2.45) is 5.92 Å². The molecule has 1 fully saturated rings. The fourth-order valence-corrected chi connectivity index (χ4v) is 2.16. The summed E-state index contributed by atoms with van der Waals surface area (Å²) in [4.78, 5) is 19.5. The van der Waals surface area contributed by atoms with Gasteiger partial charge >= 0.3 is 0 Å². The van der Waals surface area contributed by atoms with Crippen LogP contribution in [0, 0.1) is 5.92 Å². The molecule has 1 saturated heterocycles. The van der Waals surface area contributed by atoms with Gasteiger partial charge in [-0.3, -0.25) is 4.79 Å². The van der Waals surface area contributed by atoms with Crippen LogP contribution in [0.15, 0.2) is 6.33 Å². The molecule has 1 aliphatic rings. The molecule has 0 radical (unpaired) electrons. The Morgan fingerprint density at radius 3 is 2.71 bits per heavy atom. The third kappa shape index (κ3) is 3.06. The van der Waals surface area contributed by atoms with Gasteiger partial charge in [0, 0.05) is 6.54 Å². The zero-order valence-corrected chi connectivity index (χ0v) is 10.6. The molecule has 5 nitrogen and oxygen atoms in total. The molecule has 2 N–H and O–H groups in total. The van der Waals surface area contributed by atoms with Crippen molar-refractivity contribution in [3.63, 3.8) is 0 Å². The Kier molecular flexibility index (Phi) is 4.15. The zero-order chi connectivity index (χ0) is 12.3. The minimum atomic E-state index is -0.101. The van der Waals surface area contributed by atoms with Crippen LogP contribution in [-0.4, -0.2) is 29.0 Å². The molecule has 0 aliphatic carbocycles. The van der Waals surface area contributed by atoms with Crippen molar-refractivity contribution in [1.82, 2.24) is 15.3 Å². The van der Waals surface area contributed by atoms with E-state index in [1.807, 2.05) is 0 Å². The third-order valence-corrected chi connectivity index (χ3v) is 3.24.